The molecule has 7 heteroatoms. The maximum absolute atomic E-state index is 4.61. The minimum absolute atomic E-state index is 0.381. The number of nitrogens with one attached hydrogen (secondary N) is 2. The Kier molecular flexibility index (Phi) is 3.92. The van der Waals surface area contributed by atoms with Gasteiger partial charge in [0, 0.05) is 19.3 Å². The summed E-state index contributed by atoms with van der Waals surface area (Å²) in [4.78, 5) is 19.5. The molecule has 1 atom stereocenters. The number of aromatic nitrogens is 4. The van der Waals surface area contributed by atoms with Crippen LogP contribution in [0.3, 0.4) is 0 Å². The van der Waals surface area contributed by atoms with Gasteiger partial charge in [0.1, 0.15) is 18.0 Å². The zero-order valence-electron chi connectivity index (χ0n) is 12.2. The molecule has 0 saturated carbocycles. The average molecular weight is 285 g/mol. The van der Waals surface area contributed by atoms with E-state index in [-0.39, 0.29) is 0 Å². The van der Waals surface area contributed by atoms with E-state index in [1.807, 2.05) is 19.2 Å². The van der Waals surface area contributed by atoms with E-state index >= 15 is 0 Å². The Morgan fingerprint density at radius 1 is 1.24 bits per heavy atom. The number of hydrogen-bond donors (Lipinski definition) is 2. The van der Waals surface area contributed by atoms with E-state index in [0.717, 1.165) is 24.5 Å². The highest BCUT2D eigenvalue weighted by atomic mass is 15.2. The fourth-order valence-electron chi connectivity index (χ4n) is 2.58. The molecular formula is C14H19N7. The Morgan fingerprint density at radius 3 is 2.86 bits per heavy atom. The van der Waals surface area contributed by atoms with Gasteiger partial charge in [0.2, 0.25) is 5.95 Å². The number of hydrogen-bond acceptors (Lipinski definition) is 7. The van der Waals surface area contributed by atoms with Gasteiger partial charge in [0.15, 0.2) is 0 Å². The molecule has 0 unspecified atom stereocenters. The summed E-state index contributed by atoms with van der Waals surface area (Å²) < 4.78 is 0. The quantitative estimate of drug-likeness (QED) is 0.887. The Hall–Kier alpha value is -2.28. The highest BCUT2D eigenvalue weighted by molar-refractivity contribution is 5.52. The molecule has 2 aromatic heterocycles. The monoisotopic (exact) mass is 285 g/mol. The highest BCUT2D eigenvalue weighted by Gasteiger charge is 2.23. The highest BCUT2D eigenvalue weighted by Crippen LogP contribution is 2.29. The van der Waals surface area contributed by atoms with Crippen LogP contribution in [0.4, 0.5) is 17.6 Å². The molecule has 0 aliphatic carbocycles. The maximum atomic E-state index is 4.61. The first kappa shape index (κ1) is 13.7. The molecule has 1 saturated heterocycles. The van der Waals surface area contributed by atoms with Gasteiger partial charge in [-0.3, -0.25) is 4.90 Å². The Labute approximate surface area is 123 Å². The van der Waals surface area contributed by atoms with Gasteiger partial charge in [-0.05, 0) is 32.5 Å². The first-order valence-corrected chi connectivity index (χ1v) is 7.06. The summed E-state index contributed by atoms with van der Waals surface area (Å²) in [5.41, 5.74) is 1.05. The van der Waals surface area contributed by atoms with Crippen molar-refractivity contribution in [1.29, 1.82) is 0 Å². The van der Waals surface area contributed by atoms with Crippen molar-refractivity contribution in [2.45, 2.75) is 18.9 Å². The fraction of sp³-hybridized carbons (Fsp3) is 0.429. The van der Waals surface area contributed by atoms with Crippen molar-refractivity contribution in [3.05, 3.63) is 30.4 Å². The standard InChI is InChI=1S/C14H19N7/c1-15-12-8-13(18-9-17-12)20-14-16-6-5-10(19-14)11-4-3-7-21(11)2/h5-6,8-9,11H,3-4,7H2,1-2H3,(H2,15,16,17,18,19,20)/t11-/m1/s1. The molecule has 110 valence electrons. The predicted molar refractivity (Wildman–Crippen MR) is 81.5 cm³/mol. The molecule has 7 nitrogen and oxygen atoms in total. The van der Waals surface area contributed by atoms with Crippen LogP contribution < -0.4 is 10.6 Å². The lowest BCUT2D eigenvalue weighted by molar-refractivity contribution is 0.312. The SMILES string of the molecule is CNc1cc(Nc2nccc([C@H]3CCCN3C)n2)ncn1. The second kappa shape index (κ2) is 6.01. The Bertz CT molecular complexity index is 616. The largest absolute Gasteiger partial charge is 0.373 e. The van der Waals surface area contributed by atoms with Crippen molar-refractivity contribution in [2.24, 2.45) is 0 Å². The van der Waals surface area contributed by atoms with Crippen LogP contribution in [-0.2, 0) is 0 Å². The van der Waals surface area contributed by atoms with Gasteiger partial charge in [-0.15, -0.1) is 0 Å². The second-order valence-corrected chi connectivity index (χ2v) is 5.11. The van der Waals surface area contributed by atoms with E-state index < -0.39 is 0 Å². The van der Waals surface area contributed by atoms with Crippen LogP contribution in [0.2, 0.25) is 0 Å². The van der Waals surface area contributed by atoms with Crippen molar-refractivity contribution < 1.29 is 0 Å². The molecule has 2 N–H and O–H groups in total. The summed E-state index contributed by atoms with van der Waals surface area (Å²) in [6.07, 6.45) is 5.65. The normalized spacial score (nSPS) is 18.7. The fourth-order valence-corrected chi connectivity index (χ4v) is 2.58. The minimum Gasteiger partial charge on any atom is -0.373 e. The average Bonchev–Trinajstić information content (AvgIpc) is 2.94. The van der Waals surface area contributed by atoms with Crippen LogP contribution in [-0.4, -0.2) is 45.5 Å². The lowest BCUT2D eigenvalue weighted by Gasteiger charge is -2.19. The molecule has 3 heterocycles. The molecule has 1 aliphatic rings. The van der Waals surface area contributed by atoms with Gasteiger partial charge in [-0.25, -0.2) is 19.9 Å². The Balaban J connectivity index is 1.79. The van der Waals surface area contributed by atoms with Crippen molar-refractivity contribution in [3.63, 3.8) is 0 Å². The maximum Gasteiger partial charge on any atom is 0.228 e. The van der Waals surface area contributed by atoms with E-state index in [0.29, 0.717) is 17.8 Å². The number of nitrogens with zero attached hydrogens (tertiary/aromatic N) is 5. The molecule has 0 radical (unpaired) electrons. The van der Waals surface area contributed by atoms with E-state index in [1.54, 1.807) is 6.20 Å². The molecule has 21 heavy (non-hydrogen) atoms. The zero-order valence-corrected chi connectivity index (χ0v) is 12.2. The van der Waals surface area contributed by atoms with Gasteiger partial charge in [0.25, 0.3) is 0 Å². The van der Waals surface area contributed by atoms with Crippen LogP contribution >= 0.6 is 0 Å². The van der Waals surface area contributed by atoms with E-state index in [4.69, 9.17) is 0 Å². The van der Waals surface area contributed by atoms with Crippen LogP contribution in [0.15, 0.2) is 24.7 Å². The van der Waals surface area contributed by atoms with Crippen molar-refractivity contribution in [3.8, 4) is 0 Å². The molecule has 3 rings (SSSR count). The van der Waals surface area contributed by atoms with Crippen LogP contribution in [0.1, 0.15) is 24.6 Å². The summed E-state index contributed by atoms with van der Waals surface area (Å²) in [5.74, 6) is 1.99. The molecule has 0 aromatic carbocycles. The summed E-state index contributed by atoms with van der Waals surface area (Å²) in [6.45, 7) is 1.12. The third-order valence-corrected chi connectivity index (χ3v) is 3.70. The third-order valence-electron chi connectivity index (χ3n) is 3.70. The van der Waals surface area contributed by atoms with Crippen molar-refractivity contribution in [2.75, 3.05) is 31.3 Å². The minimum atomic E-state index is 0.381. The molecular weight excluding hydrogens is 266 g/mol. The molecule has 1 fully saturated rings. The molecule has 0 spiro atoms. The molecule has 2 aromatic rings. The first-order chi connectivity index (χ1) is 10.3. The number of likely N-dealkylation sites (tertiary alicyclic amines) is 1. The van der Waals surface area contributed by atoms with Crippen LogP contribution in [0.25, 0.3) is 0 Å². The second-order valence-electron chi connectivity index (χ2n) is 5.11. The van der Waals surface area contributed by atoms with Gasteiger partial charge >= 0.3 is 0 Å². The summed E-state index contributed by atoms with van der Waals surface area (Å²) in [7, 11) is 3.95. The molecule has 0 bridgehead atoms. The molecule has 0 amide bonds. The van der Waals surface area contributed by atoms with Crippen LogP contribution in [0, 0.1) is 0 Å². The lowest BCUT2D eigenvalue weighted by atomic mass is 10.1. The van der Waals surface area contributed by atoms with E-state index in [1.165, 1.54) is 12.7 Å². The third kappa shape index (κ3) is 3.08. The lowest BCUT2D eigenvalue weighted by Crippen LogP contribution is -2.19. The summed E-state index contributed by atoms with van der Waals surface area (Å²) in [5, 5.41) is 6.10. The summed E-state index contributed by atoms with van der Waals surface area (Å²) >= 11 is 0. The van der Waals surface area contributed by atoms with Crippen molar-refractivity contribution in [1.82, 2.24) is 24.8 Å². The zero-order chi connectivity index (χ0) is 14.7. The number of anilines is 3. The molecule has 1 aliphatic heterocycles. The topological polar surface area (TPSA) is 78.9 Å². The van der Waals surface area contributed by atoms with Gasteiger partial charge in [-0.2, -0.15) is 0 Å². The Morgan fingerprint density at radius 2 is 2.10 bits per heavy atom. The van der Waals surface area contributed by atoms with Gasteiger partial charge in [-0.1, -0.05) is 0 Å². The first-order valence-electron chi connectivity index (χ1n) is 7.06. The predicted octanol–water partition coefficient (Wildman–Crippen LogP) is 1.82. The smallest absolute Gasteiger partial charge is 0.228 e. The summed E-state index contributed by atoms with van der Waals surface area (Å²) in [6, 6.07) is 4.18. The van der Waals surface area contributed by atoms with E-state index in [2.05, 4.69) is 42.5 Å². The van der Waals surface area contributed by atoms with Gasteiger partial charge < -0.3 is 10.6 Å². The number of rotatable bonds is 4. The van der Waals surface area contributed by atoms with Crippen LogP contribution in [0.5, 0.6) is 0 Å². The van der Waals surface area contributed by atoms with E-state index in [9.17, 15) is 0 Å². The van der Waals surface area contributed by atoms with Gasteiger partial charge in [0.05, 0.1) is 11.7 Å². The van der Waals surface area contributed by atoms with Crippen molar-refractivity contribution >= 4 is 17.6 Å².